The minimum atomic E-state index is 0.364. The van der Waals surface area contributed by atoms with Crippen LogP contribution in [0.3, 0.4) is 0 Å². The Labute approximate surface area is 101 Å². The number of nitrogens with zero attached hydrogens (tertiary/aromatic N) is 1. The van der Waals surface area contributed by atoms with Gasteiger partial charge in [-0.25, -0.2) is 0 Å². The molecule has 1 saturated carbocycles. The second-order valence-electron chi connectivity index (χ2n) is 5.99. The highest BCUT2D eigenvalue weighted by molar-refractivity contribution is 5.02. The van der Waals surface area contributed by atoms with Gasteiger partial charge in [0.15, 0.2) is 0 Å². The lowest BCUT2D eigenvalue weighted by atomic mass is 9.86. The van der Waals surface area contributed by atoms with Gasteiger partial charge in [0.05, 0.1) is 0 Å². The topological polar surface area (TPSA) is 29.3 Å². The molecule has 3 atom stereocenters. The van der Waals surface area contributed by atoms with E-state index >= 15 is 0 Å². The molecule has 0 radical (unpaired) electrons. The maximum atomic E-state index is 6.12. The molecule has 2 nitrogen and oxygen atoms in total. The Morgan fingerprint density at radius 1 is 1.38 bits per heavy atom. The van der Waals surface area contributed by atoms with Crippen LogP contribution in [0, 0.1) is 11.8 Å². The molecule has 2 rings (SSSR count). The van der Waals surface area contributed by atoms with Crippen LogP contribution in [0.5, 0.6) is 0 Å². The first kappa shape index (κ1) is 12.4. The zero-order chi connectivity index (χ0) is 11.6. The van der Waals surface area contributed by atoms with Crippen molar-refractivity contribution >= 4 is 0 Å². The lowest BCUT2D eigenvalue weighted by Gasteiger charge is -2.42. The summed E-state index contributed by atoms with van der Waals surface area (Å²) in [6.07, 6.45) is 8.25. The molecule has 0 spiro atoms. The van der Waals surface area contributed by atoms with Crippen molar-refractivity contribution in [3.8, 4) is 0 Å². The maximum absolute atomic E-state index is 6.12. The third-order valence-electron chi connectivity index (χ3n) is 5.13. The van der Waals surface area contributed by atoms with Crippen LogP contribution >= 0.6 is 0 Å². The lowest BCUT2D eigenvalue weighted by molar-refractivity contribution is 0.0848. The molecule has 16 heavy (non-hydrogen) atoms. The van der Waals surface area contributed by atoms with E-state index < -0.39 is 0 Å². The summed E-state index contributed by atoms with van der Waals surface area (Å²) >= 11 is 0. The van der Waals surface area contributed by atoms with E-state index in [0.29, 0.717) is 5.54 Å². The van der Waals surface area contributed by atoms with E-state index in [-0.39, 0.29) is 0 Å². The summed E-state index contributed by atoms with van der Waals surface area (Å²) in [6.45, 7) is 8.20. The molecule has 2 fully saturated rings. The molecule has 1 heterocycles. The maximum Gasteiger partial charge on any atom is 0.0357 e. The molecule has 1 aliphatic carbocycles. The average Bonchev–Trinajstić information content (AvgIpc) is 2.86. The van der Waals surface area contributed by atoms with Gasteiger partial charge in [0, 0.05) is 18.6 Å². The Balaban J connectivity index is 2.01. The first-order chi connectivity index (χ1) is 7.73. The van der Waals surface area contributed by atoms with Gasteiger partial charge in [-0.3, -0.25) is 4.90 Å². The molecular weight excluding hydrogens is 196 g/mol. The Hall–Kier alpha value is -0.0800. The standard InChI is InChI=1S/C14H28N2/c1-3-5-13-7-9-16(10-13)14(11-15)8-4-6-12(14)2/h12-13H,3-11,15H2,1-2H3. The normalized spacial score (nSPS) is 40.7. The summed E-state index contributed by atoms with van der Waals surface area (Å²) in [5, 5.41) is 0. The van der Waals surface area contributed by atoms with Crippen LogP contribution in [0.4, 0.5) is 0 Å². The van der Waals surface area contributed by atoms with Gasteiger partial charge in [0.2, 0.25) is 0 Å². The lowest BCUT2D eigenvalue weighted by Crippen LogP contribution is -2.54. The van der Waals surface area contributed by atoms with E-state index in [2.05, 4.69) is 18.7 Å². The van der Waals surface area contributed by atoms with Crippen LogP contribution in [0.15, 0.2) is 0 Å². The van der Waals surface area contributed by atoms with Gasteiger partial charge in [-0.1, -0.05) is 26.7 Å². The molecule has 2 N–H and O–H groups in total. The van der Waals surface area contributed by atoms with Crippen LogP contribution in [0.2, 0.25) is 0 Å². The van der Waals surface area contributed by atoms with Crippen molar-refractivity contribution in [1.29, 1.82) is 0 Å². The van der Waals surface area contributed by atoms with Gasteiger partial charge in [0.1, 0.15) is 0 Å². The predicted octanol–water partition coefficient (Wildman–Crippen LogP) is 2.63. The van der Waals surface area contributed by atoms with E-state index in [1.807, 2.05) is 0 Å². The third kappa shape index (κ3) is 2.02. The summed E-state index contributed by atoms with van der Waals surface area (Å²) in [4.78, 5) is 2.74. The van der Waals surface area contributed by atoms with Gasteiger partial charge in [-0.2, -0.15) is 0 Å². The number of hydrogen-bond donors (Lipinski definition) is 1. The van der Waals surface area contributed by atoms with Gasteiger partial charge in [0.25, 0.3) is 0 Å². The Kier molecular flexibility index (Phi) is 3.91. The second-order valence-corrected chi connectivity index (χ2v) is 5.99. The third-order valence-corrected chi connectivity index (χ3v) is 5.13. The molecule has 1 aliphatic heterocycles. The fourth-order valence-corrected chi connectivity index (χ4v) is 4.01. The van der Waals surface area contributed by atoms with Crippen molar-refractivity contribution in [2.24, 2.45) is 17.6 Å². The summed E-state index contributed by atoms with van der Waals surface area (Å²) in [5.41, 5.74) is 6.48. The van der Waals surface area contributed by atoms with Crippen LogP contribution in [-0.2, 0) is 0 Å². The molecule has 0 aromatic heterocycles. The van der Waals surface area contributed by atoms with Crippen LogP contribution in [-0.4, -0.2) is 30.1 Å². The SMILES string of the molecule is CCCC1CCN(C2(CN)CCCC2C)C1. The van der Waals surface area contributed by atoms with E-state index in [1.165, 1.54) is 51.6 Å². The van der Waals surface area contributed by atoms with Crippen LogP contribution in [0.25, 0.3) is 0 Å². The summed E-state index contributed by atoms with van der Waals surface area (Å²) in [6, 6.07) is 0. The highest BCUT2D eigenvalue weighted by atomic mass is 15.2. The molecule has 0 bridgehead atoms. The van der Waals surface area contributed by atoms with Crippen LogP contribution < -0.4 is 5.73 Å². The van der Waals surface area contributed by atoms with Gasteiger partial charge in [-0.15, -0.1) is 0 Å². The molecule has 0 amide bonds. The van der Waals surface area contributed by atoms with Gasteiger partial charge >= 0.3 is 0 Å². The smallest absolute Gasteiger partial charge is 0.0357 e. The first-order valence-corrected chi connectivity index (χ1v) is 7.18. The number of rotatable bonds is 4. The minimum absolute atomic E-state index is 0.364. The molecule has 0 aromatic carbocycles. The van der Waals surface area contributed by atoms with E-state index in [9.17, 15) is 0 Å². The Morgan fingerprint density at radius 3 is 2.75 bits per heavy atom. The summed E-state index contributed by atoms with van der Waals surface area (Å²) in [5.74, 6) is 1.75. The van der Waals surface area contributed by atoms with E-state index in [0.717, 1.165) is 18.4 Å². The number of nitrogens with two attached hydrogens (primary N) is 1. The monoisotopic (exact) mass is 224 g/mol. The highest BCUT2D eigenvalue weighted by Gasteiger charge is 2.45. The molecule has 94 valence electrons. The van der Waals surface area contributed by atoms with E-state index in [4.69, 9.17) is 5.73 Å². The van der Waals surface area contributed by atoms with Crippen molar-refractivity contribution < 1.29 is 0 Å². The summed E-state index contributed by atoms with van der Waals surface area (Å²) in [7, 11) is 0. The van der Waals surface area contributed by atoms with Gasteiger partial charge in [-0.05, 0) is 44.1 Å². The summed E-state index contributed by atoms with van der Waals surface area (Å²) < 4.78 is 0. The number of likely N-dealkylation sites (tertiary alicyclic amines) is 1. The molecule has 3 unspecified atom stereocenters. The predicted molar refractivity (Wildman–Crippen MR) is 69.4 cm³/mol. The number of hydrogen-bond acceptors (Lipinski definition) is 2. The second kappa shape index (κ2) is 5.05. The van der Waals surface area contributed by atoms with Crippen molar-refractivity contribution in [3.05, 3.63) is 0 Å². The fraction of sp³-hybridized carbons (Fsp3) is 1.00. The first-order valence-electron chi connectivity index (χ1n) is 7.18. The zero-order valence-corrected chi connectivity index (χ0v) is 11.0. The highest BCUT2D eigenvalue weighted by Crippen LogP contribution is 2.42. The Morgan fingerprint density at radius 2 is 2.19 bits per heavy atom. The minimum Gasteiger partial charge on any atom is -0.329 e. The Bertz CT molecular complexity index is 229. The van der Waals surface area contributed by atoms with Crippen molar-refractivity contribution in [2.75, 3.05) is 19.6 Å². The van der Waals surface area contributed by atoms with Crippen molar-refractivity contribution in [1.82, 2.24) is 4.90 Å². The van der Waals surface area contributed by atoms with Crippen LogP contribution in [0.1, 0.15) is 52.4 Å². The molecular formula is C14H28N2. The molecule has 0 aromatic rings. The molecule has 2 aliphatic rings. The fourth-order valence-electron chi connectivity index (χ4n) is 4.01. The van der Waals surface area contributed by atoms with Crippen molar-refractivity contribution in [3.63, 3.8) is 0 Å². The largest absolute Gasteiger partial charge is 0.329 e. The van der Waals surface area contributed by atoms with Gasteiger partial charge < -0.3 is 5.73 Å². The molecule has 2 heteroatoms. The van der Waals surface area contributed by atoms with E-state index in [1.54, 1.807) is 0 Å². The zero-order valence-electron chi connectivity index (χ0n) is 11.0. The van der Waals surface area contributed by atoms with Crippen molar-refractivity contribution in [2.45, 2.75) is 57.9 Å². The quantitative estimate of drug-likeness (QED) is 0.795. The molecule has 1 saturated heterocycles. The average molecular weight is 224 g/mol.